The first-order valence-corrected chi connectivity index (χ1v) is 10.6. The maximum Gasteiger partial charge on any atom is 0.269 e. The fourth-order valence-electron chi connectivity index (χ4n) is 2.90. The number of morpholine rings is 1. The van der Waals surface area contributed by atoms with Gasteiger partial charge in [-0.2, -0.15) is 4.31 Å². The van der Waals surface area contributed by atoms with Crippen LogP contribution in [0.25, 0.3) is 11.0 Å². The van der Waals surface area contributed by atoms with Crippen molar-refractivity contribution in [2.24, 2.45) is 0 Å². The lowest BCUT2D eigenvalue weighted by Gasteiger charge is -2.26. The molecule has 12 nitrogen and oxygen atoms in total. The predicted octanol–water partition coefficient (Wildman–Crippen LogP) is 0.204. The van der Waals surface area contributed by atoms with Crippen LogP contribution in [0.1, 0.15) is 12.7 Å². The first-order valence-electron chi connectivity index (χ1n) is 9.19. The van der Waals surface area contributed by atoms with Gasteiger partial charge in [-0.05, 0) is 37.3 Å². The molecule has 1 amide bonds. The number of carbonyl (C=O) groups is 1. The molecule has 1 atom stereocenters. The Hall–Kier alpha value is -3.03. The zero-order chi connectivity index (χ0) is 21.3. The number of hydrogen-bond acceptors (Lipinski definition) is 9. The molecule has 3 heterocycles. The SMILES string of the molecule is Cc1cc(NC(=O)C(C)On2nnc3ccc(S(=O)(=O)N4CCOCC4)cc32)no1. The van der Waals surface area contributed by atoms with Crippen molar-refractivity contribution in [2.75, 3.05) is 31.6 Å². The van der Waals surface area contributed by atoms with E-state index in [1.807, 2.05) is 0 Å². The molecule has 0 spiro atoms. The average Bonchev–Trinajstić information content (AvgIpc) is 3.34. The van der Waals surface area contributed by atoms with Gasteiger partial charge in [-0.3, -0.25) is 4.79 Å². The predicted molar refractivity (Wildman–Crippen MR) is 103 cm³/mol. The van der Waals surface area contributed by atoms with Crippen molar-refractivity contribution in [3.05, 3.63) is 30.0 Å². The Balaban J connectivity index is 1.54. The highest BCUT2D eigenvalue weighted by Crippen LogP contribution is 2.21. The number of nitrogens with zero attached hydrogens (tertiary/aromatic N) is 5. The molecule has 13 heteroatoms. The molecule has 1 aliphatic heterocycles. The molecule has 1 N–H and O–H groups in total. The van der Waals surface area contributed by atoms with Crippen LogP contribution in [0.4, 0.5) is 5.82 Å². The molecule has 0 saturated carbocycles. The summed E-state index contributed by atoms with van der Waals surface area (Å²) in [7, 11) is -3.70. The second kappa shape index (κ2) is 8.01. The Bertz CT molecular complexity index is 1170. The number of amides is 1. The minimum Gasteiger partial charge on any atom is -0.382 e. The molecular formula is C17H20N6O6S. The van der Waals surface area contributed by atoms with Crippen molar-refractivity contribution in [1.82, 2.24) is 24.6 Å². The summed E-state index contributed by atoms with van der Waals surface area (Å²) in [6, 6.07) is 6.00. The summed E-state index contributed by atoms with van der Waals surface area (Å²) in [5.74, 6) is 0.328. The molecule has 1 aliphatic rings. The van der Waals surface area contributed by atoms with Gasteiger partial charge in [0.25, 0.3) is 5.91 Å². The molecule has 0 radical (unpaired) electrons. The van der Waals surface area contributed by atoms with Crippen molar-refractivity contribution in [1.29, 1.82) is 0 Å². The van der Waals surface area contributed by atoms with E-state index in [9.17, 15) is 13.2 Å². The number of aromatic nitrogens is 4. The number of sulfonamides is 1. The van der Waals surface area contributed by atoms with Crippen LogP contribution >= 0.6 is 0 Å². The second-order valence-electron chi connectivity index (χ2n) is 6.69. The summed E-state index contributed by atoms with van der Waals surface area (Å²) in [6.07, 6.45) is -0.966. The monoisotopic (exact) mass is 436 g/mol. The van der Waals surface area contributed by atoms with E-state index in [0.717, 1.165) is 4.85 Å². The Morgan fingerprint density at radius 2 is 2.03 bits per heavy atom. The highest BCUT2D eigenvalue weighted by molar-refractivity contribution is 7.89. The average molecular weight is 436 g/mol. The number of anilines is 1. The molecule has 3 aromatic rings. The maximum atomic E-state index is 12.9. The summed E-state index contributed by atoms with van der Waals surface area (Å²) in [5.41, 5.74) is 0.747. The van der Waals surface area contributed by atoms with Crippen molar-refractivity contribution < 1.29 is 27.3 Å². The van der Waals surface area contributed by atoms with Crippen LogP contribution in [0.3, 0.4) is 0 Å². The smallest absolute Gasteiger partial charge is 0.269 e. The molecule has 30 heavy (non-hydrogen) atoms. The Morgan fingerprint density at radius 3 is 2.73 bits per heavy atom. The quantitative estimate of drug-likeness (QED) is 0.573. The van der Waals surface area contributed by atoms with Crippen LogP contribution in [0.5, 0.6) is 0 Å². The van der Waals surface area contributed by atoms with Crippen molar-refractivity contribution in [2.45, 2.75) is 24.8 Å². The van der Waals surface area contributed by atoms with Gasteiger partial charge in [-0.1, -0.05) is 10.0 Å². The Labute approximate surface area is 171 Å². The van der Waals surface area contributed by atoms with Gasteiger partial charge in [0.15, 0.2) is 5.82 Å². The van der Waals surface area contributed by atoms with Gasteiger partial charge < -0.3 is 19.4 Å². The van der Waals surface area contributed by atoms with Gasteiger partial charge in [-0.15, -0.1) is 5.10 Å². The van der Waals surface area contributed by atoms with E-state index in [1.165, 1.54) is 23.4 Å². The van der Waals surface area contributed by atoms with E-state index in [0.29, 0.717) is 30.0 Å². The van der Waals surface area contributed by atoms with Crippen LogP contribution in [0.15, 0.2) is 33.7 Å². The fourth-order valence-corrected chi connectivity index (χ4v) is 4.33. The minimum atomic E-state index is -3.70. The van der Waals surface area contributed by atoms with Crippen LogP contribution in [-0.2, 0) is 19.6 Å². The molecule has 1 fully saturated rings. The number of rotatable bonds is 6. The van der Waals surface area contributed by atoms with Gasteiger partial charge in [0.1, 0.15) is 16.8 Å². The molecule has 160 valence electrons. The molecule has 4 rings (SSSR count). The molecule has 1 unspecified atom stereocenters. The van der Waals surface area contributed by atoms with E-state index in [4.69, 9.17) is 14.1 Å². The second-order valence-corrected chi connectivity index (χ2v) is 8.63. The maximum absolute atomic E-state index is 12.9. The number of nitrogens with one attached hydrogen (secondary N) is 1. The summed E-state index contributed by atoms with van der Waals surface area (Å²) >= 11 is 0. The number of ether oxygens (including phenoxy) is 1. The van der Waals surface area contributed by atoms with E-state index in [2.05, 4.69) is 20.8 Å². The van der Waals surface area contributed by atoms with Gasteiger partial charge in [0.2, 0.25) is 16.1 Å². The summed E-state index contributed by atoms with van der Waals surface area (Å²) in [6.45, 7) is 4.49. The van der Waals surface area contributed by atoms with E-state index in [1.54, 1.807) is 19.1 Å². The number of carbonyl (C=O) groups excluding carboxylic acids is 1. The standard InChI is InChI=1S/C17H20N6O6S/c1-11-9-16(20-28-11)18-17(24)12(2)29-23-15-10-13(3-4-14(15)19-21-23)30(25,26)22-5-7-27-8-6-22/h3-4,9-10,12H,5-8H2,1-2H3,(H,18,20,24). The van der Waals surface area contributed by atoms with E-state index in [-0.39, 0.29) is 23.8 Å². The van der Waals surface area contributed by atoms with Gasteiger partial charge in [-0.25, -0.2) is 8.42 Å². The molecule has 0 bridgehead atoms. The highest BCUT2D eigenvalue weighted by atomic mass is 32.2. The third-order valence-electron chi connectivity index (χ3n) is 4.50. The van der Waals surface area contributed by atoms with E-state index < -0.39 is 22.0 Å². The molecule has 1 saturated heterocycles. The van der Waals surface area contributed by atoms with Crippen LogP contribution < -0.4 is 10.2 Å². The lowest BCUT2D eigenvalue weighted by atomic mass is 10.3. The number of hydrogen-bond donors (Lipinski definition) is 1. The third-order valence-corrected chi connectivity index (χ3v) is 6.40. The van der Waals surface area contributed by atoms with Crippen LogP contribution in [0.2, 0.25) is 0 Å². The Morgan fingerprint density at radius 1 is 1.27 bits per heavy atom. The molecular weight excluding hydrogens is 416 g/mol. The lowest BCUT2D eigenvalue weighted by molar-refractivity contribution is -0.127. The summed E-state index contributed by atoms with van der Waals surface area (Å²) < 4.78 is 37.3. The normalized spacial score (nSPS) is 16.5. The molecule has 1 aromatic carbocycles. The zero-order valence-electron chi connectivity index (χ0n) is 16.3. The van der Waals surface area contributed by atoms with E-state index >= 15 is 0 Å². The first kappa shape index (κ1) is 20.3. The Kier molecular flexibility index (Phi) is 5.40. The zero-order valence-corrected chi connectivity index (χ0v) is 17.1. The number of benzene rings is 1. The highest BCUT2D eigenvalue weighted by Gasteiger charge is 2.27. The van der Waals surface area contributed by atoms with Crippen LogP contribution in [-0.4, -0.2) is 71.4 Å². The fraction of sp³-hybridized carbons (Fsp3) is 0.412. The molecule has 2 aromatic heterocycles. The molecule has 0 aliphatic carbocycles. The van der Waals surface area contributed by atoms with Crippen molar-refractivity contribution in [3.8, 4) is 0 Å². The number of fused-ring (bicyclic) bond motifs is 1. The largest absolute Gasteiger partial charge is 0.382 e. The lowest BCUT2D eigenvalue weighted by Crippen LogP contribution is -2.40. The first-order chi connectivity index (χ1) is 14.3. The van der Waals surface area contributed by atoms with Gasteiger partial charge >= 0.3 is 0 Å². The van der Waals surface area contributed by atoms with Gasteiger partial charge in [0, 0.05) is 19.2 Å². The van der Waals surface area contributed by atoms with Crippen LogP contribution in [0, 0.1) is 6.92 Å². The summed E-state index contributed by atoms with van der Waals surface area (Å²) in [5, 5.41) is 14.1. The van der Waals surface area contributed by atoms with Crippen molar-refractivity contribution in [3.63, 3.8) is 0 Å². The van der Waals surface area contributed by atoms with Gasteiger partial charge in [0.05, 0.1) is 18.1 Å². The number of aryl methyl sites for hydroxylation is 1. The summed E-state index contributed by atoms with van der Waals surface area (Å²) in [4.78, 5) is 19.0. The van der Waals surface area contributed by atoms with Crippen molar-refractivity contribution >= 4 is 32.8 Å². The third kappa shape index (κ3) is 3.99. The topological polar surface area (TPSA) is 142 Å². The minimum absolute atomic E-state index is 0.0826.